The molecule has 2 heterocycles. The highest BCUT2D eigenvalue weighted by Crippen LogP contribution is 2.44. The summed E-state index contributed by atoms with van der Waals surface area (Å²) in [6.45, 7) is 1.81. The summed E-state index contributed by atoms with van der Waals surface area (Å²) < 4.78 is 1.47. The highest BCUT2D eigenvalue weighted by molar-refractivity contribution is 5.92. The summed E-state index contributed by atoms with van der Waals surface area (Å²) in [7, 11) is 0. The third-order valence-electron chi connectivity index (χ3n) is 5.94. The summed E-state index contributed by atoms with van der Waals surface area (Å²) >= 11 is 0. The highest BCUT2D eigenvalue weighted by Gasteiger charge is 2.44. The quantitative estimate of drug-likeness (QED) is 0.879. The van der Waals surface area contributed by atoms with Gasteiger partial charge in [-0.25, -0.2) is 4.68 Å². The van der Waals surface area contributed by atoms with Gasteiger partial charge in [-0.05, 0) is 31.1 Å². The lowest BCUT2D eigenvalue weighted by Gasteiger charge is -2.21. The molecule has 7 heteroatoms. The molecular weight excluding hydrogens is 318 g/mol. The second-order valence-electron chi connectivity index (χ2n) is 7.77. The summed E-state index contributed by atoms with van der Waals surface area (Å²) in [5.74, 6) is 1.32. The van der Waals surface area contributed by atoms with Gasteiger partial charge in [-0.1, -0.05) is 37.3 Å². The molecule has 2 amide bonds. The van der Waals surface area contributed by atoms with E-state index < -0.39 is 0 Å². The molecule has 25 heavy (non-hydrogen) atoms. The Balaban J connectivity index is 1.27. The average Bonchev–Trinajstić information content (AvgIpc) is 3.05. The molecule has 1 N–H and O–H groups in total. The number of carbonyl (C=O) groups is 2. The van der Waals surface area contributed by atoms with Crippen LogP contribution in [-0.4, -0.2) is 50.8 Å². The number of likely N-dealkylation sites (tertiary alicyclic amines) is 1. The number of aromatic nitrogens is 3. The lowest BCUT2D eigenvalue weighted by molar-refractivity contribution is -0.130. The Bertz CT molecular complexity index is 631. The van der Waals surface area contributed by atoms with Crippen molar-refractivity contribution in [2.24, 2.45) is 11.8 Å². The molecule has 0 bridgehead atoms. The first kappa shape index (κ1) is 16.5. The second-order valence-corrected chi connectivity index (χ2v) is 7.77. The number of nitrogens with zero attached hydrogens (tertiary/aromatic N) is 4. The fourth-order valence-corrected chi connectivity index (χ4v) is 4.39. The molecule has 4 rings (SSSR count). The maximum Gasteiger partial charge on any atom is 0.273 e. The number of nitrogens with one attached hydrogen (secondary N) is 1. The predicted octanol–water partition coefficient (Wildman–Crippen LogP) is 1.60. The highest BCUT2D eigenvalue weighted by atomic mass is 16.2. The van der Waals surface area contributed by atoms with Gasteiger partial charge in [-0.15, -0.1) is 5.10 Å². The summed E-state index contributed by atoms with van der Waals surface area (Å²) in [6, 6.07) is 0.298. The Kier molecular flexibility index (Phi) is 4.72. The van der Waals surface area contributed by atoms with Crippen LogP contribution in [0.5, 0.6) is 0 Å². The minimum absolute atomic E-state index is 0.0499. The van der Waals surface area contributed by atoms with Crippen molar-refractivity contribution >= 4 is 11.8 Å². The maximum absolute atomic E-state index is 12.4. The van der Waals surface area contributed by atoms with Crippen LogP contribution in [0.25, 0.3) is 0 Å². The van der Waals surface area contributed by atoms with Crippen LogP contribution >= 0.6 is 0 Å². The molecule has 3 aliphatic rings. The zero-order valence-corrected chi connectivity index (χ0v) is 14.7. The Labute approximate surface area is 148 Å². The van der Waals surface area contributed by atoms with E-state index in [1.807, 2.05) is 4.90 Å². The van der Waals surface area contributed by atoms with Crippen molar-refractivity contribution in [2.45, 2.75) is 64.0 Å². The first-order valence-corrected chi connectivity index (χ1v) is 9.69. The van der Waals surface area contributed by atoms with Gasteiger partial charge in [0.25, 0.3) is 5.91 Å². The van der Waals surface area contributed by atoms with E-state index in [4.69, 9.17) is 0 Å². The van der Waals surface area contributed by atoms with Crippen molar-refractivity contribution in [3.05, 3.63) is 11.9 Å². The number of amides is 2. The molecule has 1 saturated heterocycles. The molecular formula is C18H27N5O2. The average molecular weight is 345 g/mol. The fourth-order valence-electron chi connectivity index (χ4n) is 4.39. The number of rotatable bonds is 5. The van der Waals surface area contributed by atoms with Gasteiger partial charge in [0.05, 0.1) is 6.20 Å². The van der Waals surface area contributed by atoms with Crippen LogP contribution in [0.2, 0.25) is 0 Å². The van der Waals surface area contributed by atoms with E-state index in [-0.39, 0.29) is 18.4 Å². The van der Waals surface area contributed by atoms with E-state index in [0.717, 1.165) is 38.3 Å². The van der Waals surface area contributed by atoms with Crippen molar-refractivity contribution in [3.63, 3.8) is 0 Å². The summed E-state index contributed by atoms with van der Waals surface area (Å²) in [5.41, 5.74) is 0.309. The molecule has 1 aromatic heterocycles. The Morgan fingerprint density at radius 3 is 2.64 bits per heavy atom. The molecule has 0 unspecified atom stereocenters. The molecule has 2 saturated carbocycles. The summed E-state index contributed by atoms with van der Waals surface area (Å²) in [4.78, 5) is 26.3. The molecule has 2 aliphatic carbocycles. The third-order valence-corrected chi connectivity index (χ3v) is 5.94. The van der Waals surface area contributed by atoms with Crippen LogP contribution in [-0.2, 0) is 11.3 Å². The fraction of sp³-hybridized carbons (Fsp3) is 0.778. The topological polar surface area (TPSA) is 80.1 Å². The predicted molar refractivity (Wildman–Crippen MR) is 91.8 cm³/mol. The minimum atomic E-state index is -0.164. The van der Waals surface area contributed by atoms with Gasteiger partial charge in [0, 0.05) is 19.1 Å². The lowest BCUT2D eigenvalue weighted by atomic mass is 9.85. The van der Waals surface area contributed by atoms with Crippen molar-refractivity contribution in [1.29, 1.82) is 0 Å². The third kappa shape index (κ3) is 3.85. The summed E-state index contributed by atoms with van der Waals surface area (Å²) in [5, 5.41) is 11.0. The first-order valence-electron chi connectivity index (χ1n) is 9.69. The SMILES string of the molecule is O=C(N[C@H]1C[C@@H]1C1CCCCC1)c1cn(CC(=O)N2CCCC2)nn1. The van der Waals surface area contributed by atoms with Crippen molar-refractivity contribution < 1.29 is 9.59 Å². The molecule has 3 fully saturated rings. The van der Waals surface area contributed by atoms with Crippen molar-refractivity contribution in [1.82, 2.24) is 25.2 Å². The van der Waals surface area contributed by atoms with Gasteiger partial charge in [0.2, 0.25) is 5.91 Å². The number of hydrogen-bond acceptors (Lipinski definition) is 4. The van der Waals surface area contributed by atoms with E-state index in [1.165, 1.54) is 36.8 Å². The van der Waals surface area contributed by atoms with E-state index in [1.54, 1.807) is 6.20 Å². The zero-order chi connectivity index (χ0) is 17.2. The Morgan fingerprint density at radius 2 is 1.88 bits per heavy atom. The van der Waals surface area contributed by atoms with Crippen molar-refractivity contribution in [3.8, 4) is 0 Å². The monoisotopic (exact) mass is 345 g/mol. The molecule has 1 aliphatic heterocycles. The summed E-state index contributed by atoms with van der Waals surface area (Å²) in [6.07, 6.45) is 11.5. The molecule has 1 aromatic rings. The van der Waals surface area contributed by atoms with E-state index >= 15 is 0 Å². The Morgan fingerprint density at radius 1 is 1.12 bits per heavy atom. The van der Waals surface area contributed by atoms with Crippen LogP contribution in [0.4, 0.5) is 0 Å². The zero-order valence-electron chi connectivity index (χ0n) is 14.7. The number of hydrogen-bond donors (Lipinski definition) is 1. The lowest BCUT2D eigenvalue weighted by Crippen LogP contribution is -2.31. The van der Waals surface area contributed by atoms with Gasteiger partial charge in [0.1, 0.15) is 6.54 Å². The molecule has 0 aromatic carbocycles. The molecule has 136 valence electrons. The van der Waals surface area contributed by atoms with Gasteiger partial charge < -0.3 is 10.2 Å². The molecule has 0 spiro atoms. The van der Waals surface area contributed by atoms with E-state index in [9.17, 15) is 9.59 Å². The smallest absolute Gasteiger partial charge is 0.273 e. The van der Waals surface area contributed by atoms with Crippen LogP contribution in [0.3, 0.4) is 0 Å². The Hall–Kier alpha value is -1.92. The van der Waals surface area contributed by atoms with E-state index in [2.05, 4.69) is 15.6 Å². The van der Waals surface area contributed by atoms with Crippen LogP contribution < -0.4 is 5.32 Å². The van der Waals surface area contributed by atoms with Crippen LogP contribution in [0, 0.1) is 11.8 Å². The van der Waals surface area contributed by atoms with Crippen molar-refractivity contribution in [2.75, 3.05) is 13.1 Å². The normalized spacial score (nSPS) is 26.6. The second kappa shape index (κ2) is 7.14. The maximum atomic E-state index is 12.4. The van der Waals surface area contributed by atoms with E-state index in [0.29, 0.717) is 17.7 Å². The standard InChI is InChI=1S/C18H27N5O2/c24-17(22-8-4-5-9-22)12-23-11-16(20-21-23)18(25)19-15-10-14(15)13-6-2-1-3-7-13/h11,13-15H,1-10,12H2,(H,19,25)/t14-,15+/m1/s1. The first-order chi connectivity index (χ1) is 12.2. The number of carbonyl (C=O) groups excluding carboxylic acids is 2. The van der Waals surface area contributed by atoms with Crippen LogP contribution in [0.15, 0.2) is 6.20 Å². The van der Waals surface area contributed by atoms with Gasteiger partial charge in [-0.2, -0.15) is 0 Å². The largest absolute Gasteiger partial charge is 0.348 e. The molecule has 7 nitrogen and oxygen atoms in total. The molecule has 2 atom stereocenters. The minimum Gasteiger partial charge on any atom is -0.348 e. The van der Waals surface area contributed by atoms with Gasteiger partial charge in [-0.3, -0.25) is 9.59 Å². The molecule has 0 radical (unpaired) electrons. The van der Waals surface area contributed by atoms with Crippen LogP contribution in [0.1, 0.15) is 61.9 Å². The van der Waals surface area contributed by atoms with Gasteiger partial charge in [0.15, 0.2) is 5.69 Å². The van der Waals surface area contributed by atoms with Gasteiger partial charge >= 0.3 is 0 Å².